The van der Waals surface area contributed by atoms with E-state index in [0.717, 1.165) is 5.92 Å². The van der Waals surface area contributed by atoms with Gasteiger partial charge in [0.2, 0.25) is 0 Å². The molecule has 2 fully saturated rings. The minimum Gasteiger partial charge on any atom is -0.478 e. The molecule has 3 atom stereocenters. The Morgan fingerprint density at radius 2 is 2.07 bits per heavy atom. The third-order valence-corrected chi connectivity index (χ3v) is 5.33. The molecule has 3 unspecified atom stereocenters. The molecule has 15 heavy (non-hydrogen) atoms. The van der Waals surface area contributed by atoms with E-state index in [-0.39, 0.29) is 0 Å². The highest BCUT2D eigenvalue weighted by Gasteiger charge is 2.60. The van der Waals surface area contributed by atoms with Gasteiger partial charge in [0.15, 0.2) is 0 Å². The third-order valence-electron chi connectivity index (χ3n) is 5.33. The third kappa shape index (κ3) is 1.34. The molecule has 1 N–H and O–H groups in total. The summed E-state index contributed by atoms with van der Waals surface area (Å²) in [6.07, 6.45) is 6.99. The van der Waals surface area contributed by atoms with Crippen molar-refractivity contribution in [3.8, 4) is 0 Å². The molecule has 2 rings (SSSR count). The summed E-state index contributed by atoms with van der Waals surface area (Å²) in [6.45, 7) is 7.02. The van der Waals surface area contributed by atoms with Gasteiger partial charge in [-0.3, -0.25) is 0 Å². The van der Waals surface area contributed by atoms with Crippen LogP contribution >= 0.6 is 0 Å². The number of allylic oxidation sites excluding steroid dienone is 1. The highest BCUT2D eigenvalue weighted by Crippen LogP contribution is 2.68. The number of hydrogen-bond acceptors (Lipinski definition) is 1. The second-order valence-electron chi connectivity index (χ2n) is 5.91. The molecule has 0 aromatic heterocycles. The lowest BCUT2D eigenvalue weighted by atomic mass is 9.67. The van der Waals surface area contributed by atoms with Gasteiger partial charge in [0.25, 0.3) is 0 Å². The largest absolute Gasteiger partial charge is 0.478 e. The Morgan fingerprint density at radius 1 is 1.40 bits per heavy atom. The van der Waals surface area contributed by atoms with Crippen LogP contribution in [0.5, 0.6) is 0 Å². The fourth-order valence-corrected chi connectivity index (χ4v) is 3.76. The highest BCUT2D eigenvalue weighted by atomic mass is 16.4. The molecule has 2 bridgehead atoms. The van der Waals surface area contributed by atoms with E-state index in [1.807, 2.05) is 6.08 Å². The van der Waals surface area contributed by atoms with Crippen molar-refractivity contribution in [3.05, 3.63) is 12.2 Å². The molecule has 0 spiro atoms. The lowest BCUT2D eigenvalue weighted by molar-refractivity contribution is -0.131. The first-order valence-corrected chi connectivity index (χ1v) is 5.79. The molecular formula is C13H20O2. The molecule has 2 nitrogen and oxygen atoms in total. The van der Waals surface area contributed by atoms with Gasteiger partial charge in [-0.1, -0.05) is 26.8 Å². The normalized spacial score (nSPS) is 42.6. The Kier molecular flexibility index (Phi) is 2.21. The molecule has 2 heteroatoms. The van der Waals surface area contributed by atoms with Crippen molar-refractivity contribution in [2.45, 2.75) is 40.0 Å². The number of aliphatic carboxylic acids is 1. The van der Waals surface area contributed by atoms with Crippen molar-refractivity contribution in [3.63, 3.8) is 0 Å². The molecule has 0 aromatic rings. The average molecular weight is 208 g/mol. The van der Waals surface area contributed by atoms with Gasteiger partial charge in [-0.25, -0.2) is 4.79 Å². The van der Waals surface area contributed by atoms with E-state index in [4.69, 9.17) is 5.11 Å². The first-order valence-electron chi connectivity index (χ1n) is 5.79. The molecule has 0 heterocycles. The smallest absolute Gasteiger partial charge is 0.327 e. The predicted octanol–water partition coefficient (Wildman–Crippen LogP) is 3.09. The monoisotopic (exact) mass is 208 g/mol. The summed E-state index contributed by atoms with van der Waals surface area (Å²) in [7, 11) is 0. The minimum absolute atomic E-state index is 0.309. The summed E-state index contributed by atoms with van der Waals surface area (Å²) in [6, 6.07) is 0. The molecule has 84 valence electrons. The van der Waals surface area contributed by atoms with E-state index in [9.17, 15) is 4.79 Å². The van der Waals surface area contributed by atoms with Crippen LogP contribution in [0.1, 0.15) is 40.0 Å². The molecule has 2 aliphatic carbocycles. The van der Waals surface area contributed by atoms with Gasteiger partial charge >= 0.3 is 5.97 Å². The second kappa shape index (κ2) is 3.10. The van der Waals surface area contributed by atoms with Gasteiger partial charge < -0.3 is 5.11 Å². The van der Waals surface area contributed by atoms with E-state index in [1.54, 1.807) is 0 Å². The molecule has 0 aliphatic heterocycles. The number of carbonyl (C=O) groups is 1. The zero-order valence-electron chi connectivity index (χ0n) is 9.79. The van der Waals surface area contributed by atoms with Crippen molar-refractivity contribution < 1.29 is 9.90 Å². The molecular weight excluding hydrogens is 188 g/mol. The lowest BCUT2D eigenvalue weighted by Crippen LogP contribution is -2.31. The maximum absolute atomic E-state index is 10.5. The Balaban J connectivity index is 2.22. The summed E-state index contributed by atoms with van der Waals surface area (Å²) in [5.74, 6) is 0.424. The lowest BCUT2D eigenvalue weighted by Gasteiger charge is -2.38. The van der Waals surface area contributed by atoms with Crippen LogP contribution in [0.2, 0.25) is 0 Å². The summed E-state index contributed by atoms with van der Waals surface area (Å²) >= 11 is 0. The second-order valence-corrected chi connectivity index (χ2v) is 5.91. The Morgan fingerprint density at radius 3 is 2.47 bits per heavy atom. The van der Waals surface area contributed by atoms with Crippen LogP contribution in [0.15, 0.2) is 12.2 Å². The molecule has 0 radical (unpaired) electrons. The summed E-state index contributed by atoms with van der Waals surface area (Å²) in [5, 5.41) is 8.67. The molecule has 2 saturated carbocycles. The quantitative estimate of drug-likeness (QED) is 0.708. The maximum atomic E-state index is 10.5. The van der Waals surface area contributed by atoms with Crippen LogP contribution in [-0.2, 0) is 4.79 Å². The predicted molar refractivity (Wildman–Crippen MR) is 59.5 cm³/mol. The van der Waals surface area contributed by atoms with Gasteiger partial charge in [0, 0.05) is 6.08 Å². The van der Waals surface area contributed by atoms with Crippen molar-refractivity contribution in [2.75, 3.05) is 0 Å². The molecule has 2 aliphatic rings. The van der Waals surface area contributed by atoms with Crippen LogP contribution in [0, 0.1) is 22.7 Å². The van der Waals surface area contributed by atoms with Crippen LogP contribution in [0.3, 0.4) is 0 Å². The Labute approximate surface area is 91.4 Å². The van der Waals surface area contributed by atoms with E-state index in [0.29, 0.717) is 16.7 Å². The molecule has 0 aromatic carbocycles. The summed E-state index contributed by atoms with van der Waals surface area (Å²) in [4.78, 5) is 10.5. The van der Waals surface area contributed by atoms with Crippen LogP contribution in [0.4, 0.5) is 0 Å². The van der Waals surface area contributed by atoms with Gasteiger partial charge in [0.1, 0.15) is 0 Å². The van der Waals surface area contributed by atoms with Gasteiger partial charge in [0.05, 0.1) is 0 Å². The van der Waals surface area contributed by atoms with Crippen molar-refractivity contribution >= 4 is 5.97 Å². The van der Waals surface area contributed by atoms with Crippen LogP contribution in [0.25, 0.3) is 0 Å². The van der Waals surface area contributed by atoms with E-state index < -0.39 is 5.97 Å². The van der Waals surface area contributed by atoms with Gasteiger partial charge in [-0.15, -0.1) is 0 Å². The van der Waals surface area contributed by atoms with Crippen LogP contribution < -0.4 is 0 Å². The maximum Gasteiger partial charge on any atom is 0.327 e. The minimum atomic E-state index is -0.820. The van der Waals surface area contributed by atoms with Crippen molar-refractivity contribution in [1.82, 2.24) is 0 Å². The van der Waals surface area contributed by atoms with Crippen molar-refractivity contribution in [1.29, 1.82) is 0 Å². The van der Waals surface area contributed by atoms with E-state index in [1.165, 1.54) is 25.3 Å². The van der Waals surface area contributed by atoms with Crippen LogP contribution in [-0.4, -0.2) is 11.1 Å². The summed E-state index contributed by atoms with van der Waals surface area (Å²) in [5.41, 5.74) is 0.685. The standard InChI is InChI=1S/C13H20O2/c1-12(2)9-6-7-13(12,3)10(8-9)4-5-11(14)15/h4-5,9-10H,6-8H2,1-3H3,(H,14,15). The Hall–Kier alpha value is -0.790. The fraction of sp³-hybridized carbons (Fsp3) is 0.769. The van der Waals surface area contributed by atoms with E-state index >= 15 is 0 Å². The molecule has 0 amide bonds. The number of rotatable bonds is 2. The topological polar surface area (TPSA) is 37.3 Å². The van der Waals surface area contributed by atoms with E-state index in [2.05, 4.69) is 20.8 Å². The highest BCUT2D eigenvalue weighted by molar-refractivity contribution is 5.79. The zero-order valence-corrected chi connectivity index (χ0v) is 9.79. The zero-order chi connectivity index (χ0) is 11.3. The number of hydrogen-bond donors (Lipinski definition) is 1. The van der Waals surface area contributed by atoms with Gasteiger partial charge in [-0.2, -0.15) is 0 Å². The average Bonchev–Trinajstić information content (AvgIpc) is 2.46. The summed E-state index contributed by atoms with van der Waals surface area (Å²) < 4.78 is 0. The number of carboxylic acid groups (broad SMARTS) is 1. The first kappa shape index (κ1) is 10.7. The SMILES string of the molecule is CC1(C)C2CCC1(C)C(C=CC(=O)O)C2. The molecule has 0 saturated heterocycles. The number of fused-ring (bicyclic) bond motifs is 2. The first-order chi connectivity index (χ1) is 6.88. The Bertz CT molecular complexity index is 316. The van der Waals surface area contributed by atoms with Gasteiger partial charge in [-0.05, 0) is 41.9 Å². The van der Waals surface area contributed by atoms with Crippen molar-refractivity contribution in [2.24, 2.45) is 22.7 Å². The fourth-order valence-electron chi connectivity index (χ4n) is 3.76. The number of carboxylic acids is 1.